The lowest BCUT2D eigenvalue weighted by molar-refractivity contribution is 0.340. The lowest BCUT2D eigenvalue weighted by Gasteiger charge is -2.34. The first-order valence-corrected chi connectivity index (χ1v) is 17.2. The van der Waals surface area contributed by atoms with Crippen molar-refractivity contribution in [3.05, 3.63) is 168 Å². The van der Waals surface area contributed by atoms with Crippen LogP contribution in [0, 0.1) is 0 Å². The van der Waals surface area contributed by atoms with E-state index in [1.165, 1.54) is 21.5 Å². The molecular weight excluding hydrogens is 585 g/mol. The third-order valence-corrected chi connectivity index (χ3v) is 10.4. The summed E-state index contributed by atoms with van der Waals surface area (Å²) in [6.07, 6.45) is 3.85. The highest BCUT2D eigenvalue weighted by Gasteiger charge is 2.34. The van der Waals surface area contributed by atoms with E-state index in [2.05, 4.69) is 146 Å². The molecule has 1 fully saturated rings. The molecular formula is C44H36N4. The molecule has 4 nitrogen and oxygen atoms in total. The second kappa shape index (κ2) is 12.3. The van der Waals surface area contributed by atoms with Crippen molar-refractivity contribution in [1.29, 1.82) is 0 Å². The monoisotopic (exact) mass is 620 g/mol. The number of benzene rings is 4. The van der Waals surface area contributed by atoms with Crippen LogP contribution >= 0.6 is 0 Å². The zero-order chi connectivity index (χ0) is 31.9. The van der Waals surface area contributed by atoms with Crippen molar-refractivity contribution in [1.82, 2.24) is 19.9 Å². The number of para-hydroxylation sites is 4. The number of fused-ring (bicyclic) bond motifs is 4. The van der Waals surface area contributed by atoms with Crippen molar-refractivity contribution >= 4 is 43.6 Å². The van der Waals surface area contributed by atoms with Crippen LogP contribution in [0.25, 0.3) is 43.6 Å². The fourth-order valence-corrected chi connectivity index (χ4v) is 7.96. The largest absolute Gasteiger partial charge is 0.253 e. The lowest BCUT2D eigenvalue weighted by Crippen LogP contribution is -2.21. The van der Waals surface area contributed by atoms with Crippen LogP contribution in [0.3, 0.4) is 0 Å². The van der Waals surface area contributed by atoms with Gasteiger partial charge in [0, 0.05) is 68.0 Å². The Balaban J connectivity index is 1.18. The van der Waals surface area contributed by atoms with Crippen molar-refractivity contribution in [2.24, 2.45) is 0 Å². The van der Waals surface area contributed by atoms with Crippen LogP contribution < -0.4 is 0 Å². The van der Waals surface area contributed by atoms with Gasteiger partial charge in [0.25, 0.3) is 0 Å². The molecule has 0 radical (unpaired) electrons. The molecule has 0 aliphatic heterocycles. The van der Waals surface area contributed by atoms with Gasteiger partial charge in [-0.15, -0.1) is 0 Å². The Bertz CT molecular complexity index is 2070. The summed E-state index contributed by atoms with van der Waals surface area (Å²) >= 11 is 0. The van der Waals surface area contributed by atoms with Crippen molar-refractivity contribution in [3.63, 3.8) is 0 Å². The van der Waals surface area contributed by atoms with E-state index in [1.54, 1.807) is 0 Å². The minimum Gasteiger partial charge on any atom is -0.253 e. The van der Waals surface area contributed by atoms with Crippen LogP contribution in [-0.2, 0) is 0 Å². The Morgan fingerprint density at radius 2 is 0.500 bits per heavy atom. The Morgan fingerprint density at radius 1 is 0.271 bits per heavy atom. The molecule has 0 unspecified atom stereocenters. The molecule has 0 amide bonds. The molecule has 0 bridgehead atoms. The standard InChI is InChI=1S/C44H36N4/c1-5-13-37-29(9-1)17-21-41(45-37)33-25-34(42-22-18-30-10-2-6-14-38(30)46-42)27-36(44-24-20-32-12-4-8-16-40(32)48-44)28-35(26-33)43-23-19-31-11-3-7-15-39(31)47-43/h1-24,33-36H,25-28H2. The van der Waals surface area contributed by atoms with Gasteiger partial charge in [-0.25, -0.2) is 0 Å². The van der Waals surface area contributed by atoms with Crippen LogP contribution in [0.1, 0.15) is 72.1 Å². The molecule has 4 heterocycles. The topological polar surface area (TPSA) is 51.6 Å². The summed E-state index contributed by atoms with van der Waals surface area (Å²) in [6, 6.07) is 51.8. The minimum absolute atomic E-state index is 0.247. The maximum atomic E-state index is 5.29. The van der Waals surface area contributed by atoms with E-state index < -0.39 is 0 Å². The lowest BCUT2D eigenvalue weighted by atomic mass is 9.71. The van der Waals surface area contributed by atoms with Crippen LogP contribution in [0.4, 0.5) is 0 Å². The van der Waals surface area contributed by atoms with Crippen LogP contribution in [0.5, 0.6) is 0 Å². The summed E-state index contributed by atoms with van der Waals surface area (Å²) in [6.45, 7) is 0. The fraction of sp³-hybridized carbons (Fsp3) is 0.182. The molecule has 1 aliphatic rings. The Kier molecular flexibility index (Phi) is 7.34. The zero-order valence-electron chi connectivity index (χ0n) is 26.8. The van der Waals surface area contributed by atoms with Crippen molar-refractivity contribution in [3.8, 4) is 0 Å². The Morgan fingerprint density at radius 3 is 0.750 bits per heavy atom. The van der Waals surface area contributed by atoms with E-state index in [4.69, 9.17) is 19.9 Å². The van der Waals surface area contributed by atoms with Gasteiger partial charge < -0.3 is 0 Å². The third kappa shape index (κ3) is 5.58. The van der Waals surface area contributed by atoms with Gasteiger partial charge in [-0.3, -0.25) is 19.9 Å². The normalized spacial score (nSPS) is 20.2. The third-order valence-electron chi connectivity index (χ3n) is 10.4. The highest BCUT2D eigenvalue weighted by atomic mass is 14.8. The zero-order valence-corrected chi connectivity index (χ0v) is 26.8. The number of hydrogen-bond acceptors (Lipinski definition) is 4. The summed E-state index contributed by atoms with van der Waals surface area (Å²) in [7, 11) is 0. The molecule has 232 valence electrons. The Labute approximate surface area is 280 Å². The predicted molar refractivity (Wildman–Crippen MR) is 196 cm³/mol. The highest BCUT2D eigenvalue weighted by Crippen LogP contribution is 2.48. The molecule has 0 saturated heterocycles. The molecule has 8 aromatic rings. The molecule has 0 atom stereocenters. The second-order valence-corrected chi connectivity index (χ2v) is 13.4. The minimum atomic E-state index is 0.247. The molecule has 4 aromatic carbocycles. The molecule has 1 saturated carbocycles. The highest BCUT2D eigenvalue weighted by molar-refractivity contribution is 5.80. The van der Waals surface area contributed by atoms with E-state index in [0.29, 0.717) is 0 Å². The number of aromatic nitrogens is 4. The first-order valence-electron chi connectivity index (χ1n) is 17.2. The summed E-state index contributed by atoms with van der Waals surface area (Å²) in [5.74, 6) is 0.988. The van der Waals surface area contributed by atoms with E-state index >= 15 is 0 Å². The molecule has 0 N–H and O–H groups in total. The maximum absolute atomic E-state index is 5.29. The van der Waals surface area contributed by atoms with Gasteiger partial charge >= 0.3 is 0 Å². The van der Waals surface area contributed by atoms with Gasteiger partial charge in [0.15, 0.2) is 0 Å². The van der Waals surface area contributed by atoms with Gasteiger partial charge in [0.1, 0.15) is 0 Å². The van der Waals surface area contributed by atoms with E-state index in [0.717, 1.165) is 70.5 Å². The van der Waals surface area contributed by atoms with Crippen LogP contribution in [0.2, 0.25) is 0 Å². The van der Waals surface area contributed by atoms with E-state index in [-0.39, 0.29) is 23.7 Å². The average molecular weight is 621 g/mol. The predicted octanol–water partition coefficient (Wildman–Crippen LogP) is 10.9. The summed E-state index contributed by atoms with van der Waals surface area (Å²) in [4.78, 5) is 21.1. The molecule has 48 heavy (non-hydrogen) atoms. The van der Waals surface area contributed by atoms with Crippen LogP contribution in [-0.4, -0.2) is 19.9 Å². The molecule has 4 heteroatoms. The van der Waals surface area contributed by atoms with Gasteiger partial charge in [-0.2, -0.15) is 0 Å². The average Bonchev–Trinajstić information content (AvgIpc) is 3.14. The first kappa shape index (κ1) is 28.7. The Hall–Kier alpha value is -5.48. The fourth-order valence-electron chi connectivity index (χ4n) is 7.96. The molecule has 9 rings (SSSR count). The van der Waals surface area contributed by atoms with Gasteiger partial charge in [-0.1, -0.05) is 97.1 Å². The van der Waals surface area contributed by atoms with Crippen molar-refractivity contribution < 1.29 is 0 Å². The maximum Gasteiger partial charge on any atom is 0.0705 e. The number of pyridine rings is 4. The summed E-state index contributed by atoms with van der Waals surface area (Å²) < 4.78 is 0. The van der Waals surface area contributed by atoms with Gasteiger partial charge in [0.2, 0.25) is 0 Å². The quantitative estimate of drug-likeness (QED) is 0.196. The first-order chi connectivity index (χ1) is 23.7. The number of nitrogens with zero attached hydrogens (tertiary/aromatic N) is 4. The number of hydrogen-bond donors (Lipinski definition) is 0. The van der Waals surface area contributed by atoms with E-state index in [1.807, 2.05) is 0 Å². The van der Waals surface area contributed by atoms with Crippen molar-refractivity contribution in [2.75, 3.05) is 0 Å². The molecule has 0 spiro atoms. The second-order valence-electron chi connectivity index (χ2n) is 13.4. The smallest absolute Gasteiger partial charge is 0.0705 e. The van der Waals surface area contributed by atoms with Gasteiger partial charge in [-0.05, 0) is 74.2 Å². The molecule has 4 aromatic heterocycles. The summed E-state index contributed by atoms with van der Waals surface area (Å²) in [5, 5.41) is 4.70. The SMILES string of the molecule is c1ccc2nc(C3CC(c4ccc5ccccc5n4)CC(c4ccc5ccccc5n4)CC(c4ccc5ccccc5n4)C3)ccc2c1. The van der Waals surface area contributed by atoms with E-state index in [9.17, 15) is 0 Å². The number of rotatable bonds is 4. The van der Waals surface area contributed by atoms with Crippen molar-refractivity contribution in [2.45, 2.75) is 49.4 Å². The molecule has 1 aliphatic carbocycles. The summed E-state index contributed by atoms with van der Waals surface area (Å²) in [5.41, 5.74) is 8.85. The van der Waals surface area contributed by atoms with Gasteiger partial charge in [0.05, 0.1) is 22.1 Å². The van der Waals surface area contributed by atoms with Crippen LogP contribution in [0.15, 0.2) is 146 Å².